The Balaban J connectivity index is 1.37. The predicted molar refractivity (Wildman–Crippen MR) is 108 cm³/mol. The van der Waals surface area contributed by atoms with Gasteiger partial charge in [-0.05, 0) is 50.3 Å². The second kappa shape index (κ2) is 8.62. The van der Waals surface area contributed by atoms with E-state index in [1.165, 1.54) is 0 Å². The SMILES string of the molecule is CC1CCN(C(=O)C2CCCN(Cc3nc(-c4ccccc4Cl)no3)C2)CC1. The van der Waals surface area contributed by atoms with Crippen molar-refractivity contribution < 1.29 is 9.32 Å². The number of likely N-dealkylation sites (tertiary alicyclic amines) is 2. The van der Waals surface area contributed by atoms with Gasteiger partial charge in [-0.3, -0.25) is 9.69 Å². The monoisotopic (exact) mass is 402 g/mol. The van der Waals surface area contributed by atoms with E-state index < -0.39 is 0 Å². The topological polar surface area (TPSA) is 62.5 Å². The summed E-state index contributed by atoms with van der Waals surface area (Å²) in [6.45, 7) is 6.35. The third-order valence-corrected chi connectivity index (χ3v) is 6.22. The summed E-state index contributed by atoms with van der Waals surface area (Å²) in [5.41, 5.74) is 0.769. The van der Waals surface area contributed by atoms with E-state index >= 15 is 0 Å². The van der Waals surface area contributed by atoms with Gasteiger partial charge in [0.15, 0.2) is 0 Å². The molecule has 3 heterocycles. The van der Waals surface area contributed by atoms with Crippen LogP contribution in [0.4, 0.5) is 0 Å². The number of carbonyl (C=O) groups excluding carboxylic acids is 1. The average Bonchev–Trinajstić information content (AvgIpc) is 3.17. The van der Waals surface area contributed by atoms with Crippen LogP contribution >= 0.6 is 11.6 Å². The lowest BCUT2D eigenvalue weighted by Crippen LogP contribution is -2.46. The lowest BCUT2D eigenvalue weighted by Gasteiger charge is -2.37. The molecule has 1 unspecified atom stereocenters. The third-order valence-electron chi connectivity index (χ3n) is 5.89. The summed E-state index contributed by atoms with van der Waals surface area (Å²) in [7, 11) is 0. The number of carbonyl (C=O) groups is 1. The highest BCUT2D eigenvalue weighted by Crippen LogP contribution is 2.26. The van der Waals surface area contributed by atoms with Crippen LogP contribution in [-0.4, -0.2) is 52.0 Å². The van der Waals surface area contributed by atoms with Gasteiger partial charge in [-0.25, -0.2) is 0 Å². The van der Waals surface area contributed by atoms with Crippen molar-refractivity contribution in [3.63, 3.8) is 0 Å². The van der Waals surface area contributed by atoms with E-state index in [-0.39, 0.29) is 5.92 Å². The molecule has 2 aliphatic rings. The van der Waals surface area contributed by atoms with E-state index in [9.17, 15) is 4.79 Å². The Kier molecular flexibility index (Phi) is 5.97. The minimum atomic E-state index is 0.0770. The molecule has 2 aliphatic heterocycles. The lowest BCUT2D eigenvalue weighted by atomic mass is 9.93. The van der Waals surface area contributed by atoms with E-state index in [2.05, 4.69) is 26.9 Å². The van der Waals surface area contributed by atoms with Crippen LogP contribution < -0.4 is 0 Å². The molecule has 0 aliphatic carbocycles. The quantitative estimate of drug-likeness (QED) is 0.777. The lowest BCUT2D eigenvalue weighted by molar-refractivity contribution is -0.138. The standard InChI is InChI=1S/C21H27ClN4O2/c1-15-8-11-26(12-9-15)21(27)16-5-4-10-25(13-16)14-19-23-20(24-28-19)17-6-2-3-7-18(17)22/h2-3,6-7,15-16H,4-5,8-14H2,1H3. The average molecular weight is 403 g/mol. The van der Waals surface area contributed by atoms with Crippen molar-refractivity contribution >= 4 is 17.5 Å². The van der Waals surface area contributed by atoms with Crippen LogP contribution in [0.2, 0.25) is 5.02 Å². The molecule has 7 heteroatoms. The molecule has 28 heavy (non-hydrogen) atoms. The molecule has 0 bridgehead atoms. The van der Waals surface area contributed by atoms with Gasteiger partial charge in [0.25, 0.3) is 0 Å². The van der Waals surface area contributed by atoms with Crippen molar-refractivity contribution in [3.8, 4) is 11.4 Å². The normalized spacial score (nSPS) is 21.8. The second-order valence-corrected chi connectivity index (χ2v) is 8.48. The third kappa shape index (κ3) is 4.39. The number of aromatic nitrogens is 2. The molecule has 2 aromatic rings. The number of benzene rings is 1. The van der Waals surface area contributed by atoms with Gasteiger partial charge in [0, 0.05) is 25.2 Å². The minimum absolute atomic E-state index is 0.0770. The molecule has 1 aromatic carbocycles. The van der Waals surface area contributed by atoms with Crippen LogP contribution in [0.1, 0.15) is 38.5 Å². The van der Waals surface area contributed by atoms with Gasteiger partial charge in [-0.2, -0.15) is 4.98 Å². The zero-order valence-electron chi connectivity index (χ0n) is 16.3. The number of hydrogen-bond acceptors (Lipinski definition) is 5. The van der Waals surface area contributed by atoms with E-state index in [1.54, 1.807) is 0 Å². The van der Waals surface area contributed by atoms with Gasteiger partial charge in [0.1, 0.15) is 0 Å². The van der Waals surface area contributed by atoms with Gasteiger partial charge >= 0.3 is 0 Å². The molecule has 6 nitrogen and oxygen atoms in total. The fourth-order valence-electron chi connectivity index (χ4n) is 4.15. The van der Waals surface area contributed by atoms with Crippen molar-refractivity contribution in [2.45, 2.75) is 39.2 Å². The Labute approximate surface area is 170 Å². The van der Waals surface area contributed by atoms with Crippen LogP contribution in [0.3, 0.4) is 0 Å². The Morgan fingerprint density at radius 2 is 2.00 bits per heavy atom. The number of halogens is 1. The van der Waals surface area contributed by atoms with E-state index in [1.807, 2.05) is 24.3 Å². The highest BCUT2D eigenvalue weighted by atomic mass is 35.5. The molecule has 2 saturated heterocycles. The number of rotatable bonds is 4. The van der Waals surface area contributed by atoms with Crippen LogP contribution in [0, 0.1) is 11.8 Å². The van der Waals surface area contributed by atoms with Gasteiger partial charge in [-0.15, -0.1) is 0 Å². The largest absolute Gasteiger partial charge is 0.342 e. The molecule has 0 radical (unpaired) electrons. The highest BCUT2D eigenvalue weighted by Gasteiger charge is 2.31. The molecule has 1 amide bonds. The molecule has 2 fully saturated rings. The summed E-state index contributed by atoms with van der Waals surface area (Å²) in [5, 5.41) is 4.68. The summed E-state index contributed by atoms with van der Waals surface area (Å²) < 4.78 is 5.44. The number of hydrogen-bond donors (Lipinski definition) is 0. The van der Waals surface area contributed by atoms with Crippen molar-refractivity contribution in [1.82, 2.24) is 19.9 Å². The summed E-state index contributed by atoms with van der Waals surface area (Å²) in [6.07, 6.45) is 4.23. The molecule has 0 spiro atoms. The zero-order valence-corrected chi connectivity index (χ0v) is 17.1. The fourth-order valence-corrected chi connectivity index (χ4v) is 4.37. The first kappa shape index (κ1) is 19.4. The molecular weight excluding hydrogens is 376 g/mol. The van der Waals surface area contributed by atoms with Crippen molar-refractivity contribution in [3.05, 3.63) is 35.2 Å². The highest BCUT2D eigenvalue weighted by molar-refractivity contribution is 6.33. The van der Waals surface area contributed by atoms with Crippen LogP contribution in [0.25, 0.3) is 11.4 Å². The molecule has 0 N–H and O–H groups in total. The van der Waals surface area contributed by atoms with Crippen LogP contribution in [0.15, 0.2) is 28.8 Å². The van der Waals surface area contributed by atoms with Gasteiger partial charge < -0.3 is 9.42 Å². The predicted octanol–water partition coefficient (Wildman–Crippen LogP) is 3.86. The maximum absolute atomic E-state index is 12.9. The second-order valence-electron chi connectivity index (χ2n) is 8.07. The Bertz CT molecular complexity index is 816. The van der Waals surface area contributed by atoms with Crippen molar-refractivity contribution in [1.29, 1.82) is 0 Å². The number of nitrogens with zero attached hydrogens (tertiary/aromatic N) is 4. The Morgan fingerprint density at radius 1 is 1.21 bits per heavy atom. The van der Waals surface area contributed by atoms with Gasteiger partial charge in [0.2, 0.25) is 17.6 Å². The van der Waals surface area contributed by atoms with Crippen LogP contribution in [-0.2, 0) is 11.3 Å². The van der Waals surface area contributed by atoms with E-state index in [4.69, 9.17) is 16.1 Å². The summed E-state index contributed by atoms with van der Waals surface area (Å²) in [4.78, 5) is 21.7. The molecule has 0 saturated carbocycles. The molecule has 1 aromatic heterocycles. The Morgan fingerprint density at radius 3 is 2.79 bits per heavy atom. The first-order valence-electron chi connectivity index (χ1n) is 10.2. The summed E-state index contributed by atoms with van der Waals surface area (Å²) >= 11 is 6.22. The molecule has 150 valence electrons. The maximum atomic E-state index is 12.9. The molecule has 4 rings (SSSR count). The van der Waals surface area contributed by atoms with Gasteiger partial charge in [0.05, 0.1) is 17.5 Å². The van der Waals surface area contributed by atoms with Crippen LogP contribution in [0.5, 0.6) is 0 Å². The number of amides is 1. The first-order chi connectivity index (χ1) is 13.6. The summed E-state index contributed by atoms with van der Waals surface area (Å²) in [6, 6.07) is 7.47. The van der Waals surface area contributed by atoms with E-state index in [0.717, 1.165) is 63.3 Å². The smallest absolute Gasteiger partial charge is 0.241 e. The van der Waals surface area contributed by atoms with Crippen molar-refractivity contribution in [2.24, 2.45) is 11.8 Å². The zero-order chi connectivity index (χ0) is 19.5. The minimum Gasteiger partial charge on any atom is -0.342 e. The summed E-state index contributed by atoms with van der Waals surface area (Å²) in [5.74, 6) is 2.20. The van der Waals surface area contributed by atoms with Gasteiger partial charge in [-0.1, -0.05) is 35.8 Å². The Hall–Kier alpha value is -1.92. The fraction of sp³-hybridized carbons (Fsp3) is 0.571. The number of piperidine rings is 2. The maximum Gasteiger partial charge on any atom is 0.241 e. The molecule has 1 atom stereocenters. The van der Waals surface area contributed by atoms with E-state index in [0.29, 0.717) is 29.2 Å². The first-order valence-corrected chi connectivity index (χ1v) is 10.6. The molecular formula is C21H27ClN4O2. The van der Waals surface area contributed by atoms with Crippen molar-refractivity contribution in [2.75, 3.05) is 26.2 Å².